The van der Waals surface area contributed by atoms with Gasteiger partial charge < -0.3 is 20.5 Å². The van der Waals surface area contributed by atoms with Crippen molar-refractivity contribution in [3.8, 4) is 11.3 Å². The van der Waals surface area contributed by atoms with Crippen molar-refractivity contribution in [1.29, 1.82) is 0 Å². The number of hydrogen-bond donors (Lipinski definition) is 3. The predicted octanol–water partition coefficient (Wildman–Crippen LogP) is 5.70. The van der Waals surface area contributed by atoms with E-state index >= 15 is 0 Å². The van der Waals surface area contributed by atoms with Gasteiger partial charge in [0.2, 0.25) is 5.95 Å². The second-order valence-corrected chi connectivity index (χ2v) is 9.50. The van der Waals surface area contributed by atoms with Gasteiger partial charge in [-0.3, -0.25) is 0 Å². The van der Waals surface area contributed by atoms with E-state index in [1.165, 1.54) is 0 Å². The van der Waals surface area contributed by atoms with E-state index in [-0.39, 0.29) is 12.5 Å². The molecule has 0 radical (unpaired) electrons. The van der Waals surface area contributed by atoms with Gasteiger partial charge in [0.1, 0.15) is 5.60 Å². The van der Waals surface area contributed by atoms with Crippen molar-refractivity contribution in [2.24, 2.45) is 0 Å². The molecule has 1 atom stereocenters. The maximum Gasteiger partial charge on any atom is 0.407 e. The van der Waals surface area contributed by atoms with Gasteiger partial charge in [-0.05, 0) is 56.4 Å². The Bertz CT molecular complexity index is 1100. The molecule has 0 saturated carbocycles. The van der Waals surface area contributed by atoms with E-state index in [1.807, 2.05) is 76.2 Å². The summed E-state index contributed by atoms with van der Waals surface area (Å²) in [6.45, 7) is 8.13. The second kappa shape index (κ2) is 11.3. The zero-order valence-electron chi connectivity index (χ0n) is 19.9. The topological polar surface area (TPSA) is 96.4 Å². The molecule has 0 spiro atoms. The lowest BCUT2D eigenvalue weighted by atomic mass is 9.99. The average Bonchev–Trinajstić information content (AvgIpc) is 2.79. The zero-order valence-corrected chi connectivity index (χ0v) is 20.7. The molecule has 7 nitrogen and oxygen atoms in total. The van der Waals surface area contributed by atoms with Crippen LogP contribution in [-0.4, -0.2) is 39.9 Å². The number of nitrogens with zero attached hydrogens (tertiary/aromatic N) is 2. The first kappa shape index (κ1) is 25.5. The van der Waals surface area contributed by atoms with E-state index < -0.39 is 11.7 Å². The number of aliphatic hydroxyl groups is 1. The molecular weight excluding hydrogens is 452 g/mol. The number of benzene rings is 2. The fourth-order valence-electron chi connectivity index (χ4n) is 3.28. The summed E-state index contributed by atoms with van der Waals surface area (Å²) in [7, 11) is 0. The van der Waals surface area contributed by atoms with E-state index in [9.17, 15) is 4.79 Å². The van der Waals surface area contributed by atoms with Crippen LogP contribution in [0.4, 0.5) is 16.4 Å². The molecule has 1 amide bonds. The number of aromatic nitrogens is 2. The Hall–Kier alpha value is -3.16. The summed E-state index contributed by atoms with van der Waals surface area (Å²) < 4.78 is 5.29. The van der Waals surface area contributed by atoms with E-state index in [0.29, 0.717) is 29.6 Å². The molecule has 3 rings (SSSR count). The van der Waals surface area contributed by atoms with Crippen LogP contribution in [0.15, 0.2) is 54.7 Å². The smallest absolute Gasteiger partial charge is 0.407 e. The van der Waals surface area contributed by atoms with Crippen molar-refractivity contribution < 1.29 is 14.6 Å². The average molecular weight is 483 g/mol. The highest BCUT2D eigenvalue weighted by molar-refractivity contribution is 6.32. The predicted molar refractivity (Wildman–Crippen MR) is 136 cm³/mol. The molecule has 34 heavy (non-hydrogen) atoms. The standard InChI is InChI=1S/C26H31ClN4O3/c1-17(15-29-25(33)34-26(2,3)4)19-7-9-20(10-8-19)23-22(27)16-28-24(31-23)30-21-11-5-18(6-12-21)13-14-32/h5-12,16-17,32H,13-15H2,1-4H3,(H,29,33)(H,28,30,31). The van der Waals surface area contributed by atoms with Crippen molar-refractivity contribution in [2.45, 2.75) is 45.6 Å². The third-order valence-electron chi connectivity index (χ3n) is 5.06. The van der Waals surface area contributed by atoms with Crippen molar-refractivity contribution in [3.63, 3.8) is 0 Å². The Morgan fingerprint density at radius 3 is 2.41 bits per heavy atom. The van der Waals surface area contributed by atoms with Gasteiger partial charge in [-0.1, -0.05) is 54.9 Å². The second-order valence-electron chi connectivity index (χ2n) is 9.09. The molecule has 0 aliphatic heterocycles. The summed E-state index contributed by atoms with van der Waals surface area (Å²) >= 11 is 6.39. The molecule has 0 fully saturated rings. The third-order valence-corrected chi connectivity index (χ3v) is 5.34. The lowest BCUT2D eigenvalue weighted by molar-refractivity contribution is 0.0525. The van der Waals surface area contributed by atoms with E-state index in [1.54, 1.807) is 6.20 Å². The van der Waals surface area contributed by atoms with Crippen molar-refractivity contribution in [2.75, 3.05) is 18.5 Å². The first-order chi connectivity index (χ1) is 16.1. The van der Waals surface area contributed by atoms with Gasteiger partial charge in [-0.15, -0.1) is 0 Å². The molecule has 180 valence electrons. The lowest BCUT2D eigenvalue weighted by Crippen LogP contribution is -2.34. The summed E-state index contributed by atoms with van der Waals surface area (Å²) in [6, 6.07) is 15.7. The van der Waals surface area contributed by atoms with Crippen molar-refractivity contribution >= 4 is 29.3 Å². The van der Waals surface area contributed by atoms with Gasteiger partial charge in [0.25, 0.3) is 0 Å². The Morgan fingerprint density at radius 1 is 1.12 bits per heavy atom. The third kappa shape index (κ3) is 7.43. The molecule has 3 N–H and O–H groups in total. The number of hydrogen-bond acceptors (Lipinski definition) is 6. The molecule has 1 unspecified atom stereocenters. The normalized spacial score (nSPS) is 12.2. The number of carbonyl (C=O) groups excluding carboxylic acids is 1. The van der Waals surface area contributed by atoms with Crippen LogP contribution in [0.1, 0.15) is 44.7 Å². The number of aliphatic hydroxyl groups excluding tert-OH is 1. The quantitative estimate of drug-likeness (QED) is 0.381. The number of ether oxygens (including phenoxy) is 1. The van der Waals surface area contributed by atoms with Crippen LogP contribution in [0.5, 0.6) is 0 Å². The van der Waals surface area contributed by atoms with Crippen LogP contribution in [0, 0.1) is 0 Å². The fraction of sp³-hybridized carbons (Fsp3) is 0.346. The van der Waals surface area contributed by atoms with Crippen LogP contribution >= 0.6 is 11.6 Å². The van der Waals surface area contributed by atoms with Gasteiger partial charge in [-0.25, -0.2) is 14.8 Å². The molecule has 0 aliphatic rings. The van der Waals surface area contributed by atoms with Gasteiger partial charge in [0.15, 0.2) is 0 Å². The molecule has 0 bridgehead atoms. The zero-order chi connectivity index (χ0) is 24.7. The van der Waals surface area contributed by atoms with Crippen LogP contribution in [0.2, 0.25) is 5.02 Å². The van der Waals surface area contributed by atoms with Crippen molar-refractivity contribution in [3.05, 3.63) is 70.9 Å². The molecule has 1 aromatic heterocycles. The first-order valence-corrected chi connectivity index (χ1v) is 11.6. The molecule has 0 saturated heterocycles. The number of carbonyl (C=O) groups is 1. The number of halogens is 1. The fourth-order valence-corrected chi connectivity index (χ4v) is 3.48. The highest BCUT2D eigenvalue weighted by Crippen LogP contribution is 2.28. The van der Waals surface area contributed by atoms with Gasteiger partial charge in [-0.2, -0.15) is 0 Å². The van der Waals surface area contributed by atoms with Crippen LogP contribution in [0.25, 0.3) is 11.3 Å². The SMILES string of the molecule is CC(CNC(=O)OC(C)(C)C)c1ccc(-c2nc(Nc3ccc(CCO)cc3)ncc2Cl)cc1. The number of anilines is 2. The molecule has 2 aromatic carbocycles. The monoisotopic (exact) mass is 482 g/mol. The number of alkyl carbamates (subject to hydrolysis) is 1. The van der Waals surface area contributed by atoms with Gasteiger partial charge in [0.05, 0.1) is 16.9 Å². The van der Waals surface area contributed by atoms with Gasteiger partial charge in [0, 0.05) is 24.4 Å². The van der Waals surface area contributed by atoms with Crippen LogP contribution in [0.3, 0.4) is 0 Å². The van der Waals surface area contributed by atoms with E-state index in [4.69, 9.17) is 21.4 Å². The van der Waals surface area contributed by atoms with Crippen LogP contribution < -0.4 is 10.6 Å². The summed E-state index contributed by atoms with van der Waals surface area (Å²) in [4.78, 5) is 20.8. The van der Waals surface area contributed by atoms with E-state index in [2.05, 4.69) is 20.6 Å². The van der Waals surface area contributed by atoms with Crippen molar-refractivity contribution in [1.82, 2.24) is 15.3 Å². The largest absolute Gasteiger partial charge is 0.444 e. The Balaban J connectivity index is 1.67. The lowest BCUT2D eigenvalue weighted by Gasteiger charge is -2.21. The first-order valence-electron chi connectivity index (χ1n) is 11.2. The minimum Gasteiger partial charge on any atom is -0.444 e. The minimum absolute atomic E-state index is 0.105. The summed E-state index contributed by atoms with van der Waals surface area (Å²) in [6.07, 6.45) is 1.77. The Labute approximate surface area is 205 Å². The highest BCUT2D eigenvalue weighted by Gasteiger charge is 2.17. The van der Waals surface area contributed by atoms with E-state index in [0.717, 1.165) is 22.4 Å². The summed E-state index contributed by atoms with van der Waals surface area (Å²) in [5.74, 6) is 0.543. The maximum atomic E-state index is 11.9. The molecule has 3 aromatic rings. The van der Waals surface area contributed by atoms with Gasteiger partial charge >= 0.3 is 6.09 Å². The number of nitrogens with one attached hydrogen (secondary N) is 2. The maximum absolute atomic E-state index is 11.9. The minimum atomic E-state index is -0.525. The molecule has 8 heteroatoms. The summed E-state index contributed by atoms with van der Waals surface area (Å²) in [5, 5.41) is 15.5. The number of rotatable bonds is 8. The molecular formula is C26H31ClN4O3. The summed E-state index contributed by atoms with van der Waals surface area (Å²) in [5.41, 5.74) is 3.94. The molecule has 0 aliphatic carbocycles. The number of amides is 1. The molecule has 1 heterocycles. The highest BCUT2D eigenvalue weighted by atomic mass is 35.5. The Kier molecular flexibility index (Phi) is 8.47. The van der Waals surface area contributed by atoms with Crippen LogP contribution in [-0.2, 0) is 11.2 Å². The Morgan fingerprint density at radius 2 is 1.79 bits per heavy atom.